The second-order valence-electron chi connectivity index (χ2n) is 7.27. The lowest BCUT2D eigenvalue weighted by molar-refractivity contribution is 0.340. The van der Waals surface area contributed by atoms with Gasteiger partial charge in [0, 0.05) is 37.1 Å². The lowest BCUT2D eigenvalue weighted by atomic mass is 10.1. The van der Waals surface area contributed by atoms with E-state index >= 15 is 0 Å². The maximum absolute atomic E-state index is 5.84. The second kappa shape index (κ2) is 8.32. The van der Waals surface area contributed by atoms with Crippen molar-refractivity contribution < 1.29 is 4.74 Å². The van der Waals surface area contributed by atoms with E-state index < -0.39 is 0 Å². The number of piperazine rings is 1. The van der Waals surface area contributed by atoms with E-state index in [9.17, 15) is 0 Å². The van der Waals surface area contributed by atoms with E-state index in [1.807, 2.05) is 13.0 Å². The molecule has 3 heterocycles. The number of benzene rings is 2. The van der Waals surface area contributed by atoms with Crippen molar-refractivity contribution in [2.45, 2.75) is 6.92 Å². The molecule has 0 bridgehead atoms. The Morgan fingerprint density at radius 1 is 0.900 bits per heavy atom. The third-order valence-electron chi connectivity index (χ3n) is 5.52. The highest BCUT2D eigenvalue weighted by Gasteiger charge is 2.23. The molecule has 0 radical (unpaired) electrons. The first-order valence-corrected chi connectivity index (χ1v) is 11.2. The highest BCUT2D eigenvalue weighted by atomic mass is 32.1. The monoisotopic (exact) mass is 416 g/mol. The Bertz CT molecular complexity index is 1140. The molecule has 1 aliphatic heterocycles. The van der Waals surface area contributed by atoms with Crippen molar-refractivity contribution in [1.82, 2.24) is 9.97 Å². The lowest BCUT2D eigenvalue weighted by Gasteiger charge is -2.37. The first-order valence-electron chi connectivity index (χ1n) is 10.3. The molecule has 2 aromatic heterocycles. The first kappa shape index (κ1) is 18.9. The number of ether oxygens (including phenoxy) is 1. The number of para-hydroxylation sites is 2. The summed E-state index contributed by atoms with van der Waals surface area (Å²) in [6.45, 7) is 6.39. The van der Waals surface area contributed by atoms with Crippen molar-refractivity contribution in [2.75, 3.05) is 42.6 Å². The van der Waals surface area contributed by atoms with Crippen LogP contribution in [0.3, 0.4) is 0 Å². The number of hydrogen-bond acceptors (Lipinski definition) is 6. The van der Waals surface area contributed by atoms with Gasteiger partial charge in [-0.25, -0.2) is 9.97 Å². The van der Waals surface area contributed by atoms with Gasteiger partial charge in [-0.3, -0.25) is 0 Å². The minimum Gasteiger partial charge on any atom is -0.492 e. The van der Waals surface area contributed by atoms with E-state index in [1.54, 1.807) is 17.7 Å². The molecule has 152 valence electrons. The van der Waals surface area contributed by atoms with Gasteiger partial charge in [-0.15, -0.1) is 11.3 Å². The molecule has 30 heavy (non-hydrogen) atoms. The average molecular weight is 417 g/mol. The maximum Gasteiger partial charge on any atom is 0.142 e. The Kier molecular flexibility index (Phi) is 5.24. The fourth-order valence-electron chi connectivity index (χ4n) is 4.08. The molecule has 5 rings (SSSR count). The minimum atomic E-state index is 0.677. The molecule has 0 spiro atoms. The van der Waals surface area contributed by atoms with Crippen molar-refractivity contribution in [2.24, 2.45) is 0 Å². The van der Waals surface area contributed by atoms with Crippen LogP contribution < -0.4 is 14.5 Å². The Labute approximate surface area is 180 Å². The van der Waals surface area contributed by atoms with Crippen LogP contribution in [0.4, 0.5) is 11.5 Å². The smallest absolute Gasteiger partial charge is 0.142 e. The van der Waals surface area contributed by atoms with Gasteiger partial charge in [-0.2, -0.15) is 0 Å². The SMILES string of the molecule is CCOc1ccccc1N1CCN(c2ncnc3scc(-c4ccccc4)c23)CC1. The average Bonchev–Trinajstić information content (AvgIpc) is 3.25. The highest BCUT2D eigenvalue weighted by Crippen LogP contribution is 2.38. The Balaban J connectivity index is 1.43. The predicted molar refractivity (Wildman–Crippen MR) is 125 cm³/mol. The summed E-state index contributed by atoms with van der Waals surface area (Å²) in [5.74, 6) is 2.00. The van der Waals surface area contributed by atoms with Crippen LogP contribution in [0, 0.1) is 0 Å². The molecule has 0 saturated carbocycles. The highest BCUT2D eigenvalue weighted by molar-refractivity contribution is 7.17. The zero-order valence-corrected chi connectivity index (χ0v) is 17.8. The van der Waals surface area contributed by atoms with E-state index in [2.05, 4.69) is 68.7 Å². The summed E-state index contributed by atoms with van der Waals surface area (Å²) in [5, 5.41) is 3.36. The van der Waals surface area contributed by atoms with Crippen molar-refractivity contribution in [3.8, 4) is 16.9 Å². The Hall–Kier alpha value is -3.12. The summed E-state index contributed by atoms with van der Waals surface area (Å²) in [6, 6.07) is 18.8. The molecular weight excluding hydrogens is 392 g/mol. The lowest BCUT2D eigenvalue weighted by Crippen LogP contribution is -2.47. The van der Waals surface area contributed by atoms with Crippen molar-refractivity contribution >= 4 is 33.1 Å². The second-order valence-corrected chi connectivity index (χ2v) is 8.13. The van der Waals surface area contributed by atoms with Gasteiger partial charge in [-0.05, 0) is 24.6 Å². The molecule has 0 N–H and O–H groups in total. The largest absolute Gasteiger partial charge is 0.492 e. The molecular formula is C24H24N4OS. The summed E-state index contributed by atoms with van der Waals surface area (Å²) in [5.41, 5.74) is 3.60. The Morgan fingerprint density at radius 3 is 2.43 bits per heavy atom. The van der Waals surface area contributed by atoms with Crippen molar-refractivity contribution in [3.05, 3.63) is 66.3 Å². The van der Waals surface area contributed by atoms with Crippen molar-refractivity contribution in [3.63, 3.8) is 0 Å². The topological polar surface area (TPSA) is 41.5 Å². The summed E-state index contributed by atoms with van der Waals surface area (Å²) in [4.78, 5) is 15.1. The number of thiophene rings is 1. The summed E-state index contributed by atoms with van der Waals surface area (Å²) >= 11 is 1.69. The summed E-state index contributed by atoms with van der Waals surface area (Å²) in [6.07, 6.45) is 1.69. The van der Waals surface area contributed by atoms with Crippen molar-refractivity contribution in [1.29, 1.82) is 0 Å². The van der Waals surface area contributed by atoms with Crippen LogP contribution >= 0.6 is 11.3 Å². The molecule has 2 aromatic carbocycles. The molecule has 5 nitrogen and oxygen atoms in total. The van der Waals surface area contributed by atoms with Gasteiger partial charge >= 0.3 is 0 Å². The molecule has 0 aliphatic carbocycles. The number of anilines is 2. The van der Waals surface area contributed by atoms with E-state index in [1.165, 1.54) is 16.8 Å². The maximum atomic E-state index is 5.84. The minimum absolute atomic E-state index is 0.677. The van der Waals surface area contributed by atoms with Crippen LogP contribution in [0.5, 0.6) is 5.75 Å². The van der Waals surface area contributed by atoms with Gasteiger partial charge in [0.05, 0.1) is 17.7 Å². The van der Waals surface area contributed by atoms with E-state index in [4.69, 9.17) is 9.72 Å². The first-order chi connectivity index (χ1) is 14.8. The van der Waals surface area contributed by atoms with Crippen LogP contribution in [-0.4, -0.2) is 42.8 Å². The van der Waals surface area contributed by atoms with Gasteiger partial charge in [0.2, 0.25) is 0 Å². The Morgan fingerprint density at radius 2 is 1.63 bits per heavy atom. The zero-order valence-electron chi connectivity index (χ0n) is 17.0. The van der Waals surface area contributed by atoms with Gasteiger partial charge in [-0.1, -0.05) is 42.5 Å². The van der Waals surface area contributed by atoms with Gasteiger partial charge in [0.25, 0.3) is 0 Å². The van der Waals surface area contributed by atoms with Gasteiger partial charge in [0.15, 0.2) is 0 Å². The van der Waals surface area contributed by atoms with Crippen LogP contribution in [0.15, 0.2) is 66.3 Å². The fraction of sp³-hybridized carbons (Fsp3) is 0.250. The van der Waals surface area contributed by atoms with Crippen LogP contribution in [0.1, 0.15) is 6.92 Å². The fourth-order valence-corrected chi connectivity index (χ4v) is 4.99. The normalized spacial score (nSPS) is 14.3. The van der Waals surface area contributed by atoms with E-state index in [0.717, 1.165) is 48.0 Å². The van der Waals surface area contributed by atoms with E-state index in [-0.39, 0.29) is 0 Å². The quantitative estimate of drug-likeness (QED) is 0.454. The third-order valence-corrected chi connectivity index (χ3v) is 6.41. The van der Waals surface area contributed by atoms with E-state index in [0.29, 0.717) is 6.61 Å². The van der Waals surface area contributed by atoms with Crippen LogP contribution in [0.2, 0.25) is 0 Å². The molecule has 0 unspecified atom stereocenters. The molecule has 0 amide bonds. The van der Waals surface area contributed by atoms with Crippen LogP contribution in [0.25, 0.3) is 21.3 Å². The number of nitrogens with zero attached hydrogens (tertiary/aromatic N) is 4. The number of aromatic nitrogens is 2. The molecule has 0 atom stereocenters. The molecule has 6 heteroatoms. The number of fused-ring (bicyclic) bond motifs is 1. The third kappa shape index (κ3) is 3.48. The summed E-state index contributed by atoms with van der Waals surface area (Å²) < 4.78 is 5.84. The van der Waals surface area contributed by atoms with Gasteiger partial charge in [0.1, 0.15) is 22.7 Å². The summed E-state index contributed by atoms with van der Waals surface area (Å²) in [7, 11) is 0. The van der Waals surface area contributed by atoms with Gasteiger partial charge < -0.3 is 14.5 Å². The van der Waals surface area contributed by atoms with Crippen LogP contribution in [-0.2, 0) is 0 Å². The predicted octanol–water partition coefficient (Wildman–Crippen LogP) is 5.08. The molecule has 4 aromatic rings. The number of rotatable bonds is 5. The molecule has 1 fully saturated rings. The zero-order chi connectivity index (χ0) is 20.3. The number of hydrogen-bond donors (Lipinski definition) is 0. The standard InChI is InChI=1S/C24H24N4OS/c1-2-29-21-11-7-6-10-20(21)27-12-14-28(15-13-27)23-22-19(18-8-4-3-5-9-18)16-30-24(22)26-17-25-23/h3-11,16-17H,2,12-15H2,1H3. The molecule has 1 saturated heterocycles. The molecule has 1 aliphatic rings.